The van der Waals surface area contributed by atoms with E-state index in [2.05, 4.69) is 11.9 Å². The molecular weight excluding hydrogens is 442 g/mol. The van der Waals surface area contributed by atoms with Gasteiger partial charge in [-0.25, -0.2) is 4.98 Å². The van der Waals surface area contributed by atoms with Crippen LogP contribution in [0, 0.1) is 0 Å². The van der Waals surface area contributed by atoms with Crippen LogP contribution in [0.3, 0.4) is 0 Å². The molecule has 32 heavy (non-hydrogen) atoms. The first-order valence-corrected chi connectivity index (χ1v) is 11.7. The zero-order chi connectivity index (χ0) is 22.5. The van der Waals surface area contributed by atoms with Crippen LogP contribution in [0.4, 0.5) is 5.69 Å². The minimum atomic E-state index is -0.214. The van der Waals surface area contributed by atoms with E-state index in [4.69, 9.17) is 9.72 Å². The highest BCUT2D eigenvalue weighted by Crippen LogP contribution is 2.32. The van der Waals surface area contributed by atoms with Crippen molar-refractivity contribution in [2.45, 2.75) is 11.7 Å². The van der Waals surface area contributed by atoms with Gasteiger partial charge in [0.2, 0.25) is 5.91 Å². The average molecular weight is 464 g/mol. The molecule has 1 amide bonds. The molecule has 8 heteroatoms. The molecule has 0 atom stereocenters. The molecule has 0 unspecified atom stereocenters. The second-order valence-corrected chi connectivity index (χ2v) is 8.82. The second-order valence-electron chi connectivity index (χ2n) is 6.83. The zero-order valence-electron chi connectivity index (χ0n) is 17.4. The van der Waals surface area contributed by atoms with Crippen LogP contribution in [0.2, 0.25) is 0 Å². The second kappa shape index (κ2) is 9.84. The maximum Gasteiger partial charge on any atom is 0.272 e. The predicted octanol–water partition coefficient (Wildman–Crippen LogP) is 5.05. The van der Waals surface area contributed by atoms with Crippen molar-refractivity contribution < 1.29 is 9.53 Å². The smallest absolute Gasteiger partial charge is 0.272 e. The molecule has 0 bridgehead atoms. The molecule has 0 saturated heterocycles. The fraction of sp³-hybridized carbons (Fsp3) is 0.125. The molecular formula is C24H21N3O3S2. The van der Waals surface area contributed by atoms with Gasteiger partial charge in [-0.2, -0.15) is 0 Å². The average Bonchev–Trinajstić information content (AvgIpc) is 3.25. The van der Waals surface area contributed by atoms with E-state index in [0.717, 1.165) is 10.4 Å². The van der Waals surface area contributed by atoms with Gasteiger partial charge < -0.3 is 10.1 Å². The monoisotopic (exact) mass is 463 g/mol. The Bertz CT molecular complexity index is 1330. The molecule has 0 aliphatic heterocycles. The number of aromatic nitrogens is 2. The SMILES string of the molecule is C=CCn1c(SCC(=O)Nc2ccccc2OC)nc2cc(-c3ccccc3)sc2c1=O. The van der Waals surface area contributed by atoms with Gasteiger partial charge in [0.05, 0.1) is 24.1 Å². The number of nitrogens with zero attached hydrogens (tertiary/aromatic N) is 2. The lowest BCUT2D eigenvalue weighted by Crippen LogP contribution is -2.23. The van der Waals surface area contributed by atoms with Gasteiger partial charge in [-0.05, 0) is 23.8 Å². The lowest BCUT2D eigenvalue weighted by molar-refractivity contribution is -0.113. The summed E-state index contributed by atoms with van der Waals surface area (Å²) in [6.07, 6.45) is 1.65. The Morgan fingerprint density at radius 3 is 2.72 bits per heavy atom. The number of benzene rings is 2. The van der Waals surface area contributed by atoms with Gasteiger partial charge in [-0.3, -0.25) is 14.2 Å². The first-order valence-electron chi connectivity index (χ1n) is 9.87. The number of carbonyl (C=O) groups excluding carboxylic acids is 1. The summed E-state index contributed by atoms with van der Waals surface area (Å²) in [4.78, 5) is 31.4. The molecule has 0 aliphatic rings. The minimum absolute atomic E-state index is 0.100. The van der Waals surface area contributed by atoms with Gasteiger partial charge in [0.25, 0.3) is 5.56 Å². The number of methoxy groups -OCH3 is 1. The Kier molecular flexibility index (Phi) is 6.72. The van der Waals surface area contributed by atoms with Crippen LogP contribution in [0.25, 0.3) is 20.7 Å². The van der Waals surface area contributed by atoms with Gasteiger partial charge in [0.1, 0.15) is 10.4 Å². The number of amides is 1. The summed E-state index contributed by atoms with van der Waals surface area (Å²) in [5.74, 6) is 0.470. The highest BCUT2D eigenvalue weighted by atomic mass is 32.2. The van der Waals surface area contributed by atoms with Crippen molar-refractivity contribution in [3.63, 3.8) is 0 Å². The van der Waals surface area contributed by atoms with Crippen LogP contribution < -0.4 is 15.6 Å². The van der Waals surface area contributed by atoms with Crippen LogP contribution in [0.5, 0.6) is 5.75 Å². The Balaban J connectivity index is 1.61. The summed E-state index contributed by atoms with van der Waals surface area (Å²) in [5, 5.41) is 3.32. The van der Waals surface area contributed by atoms with E-state index < -0.39 is 0 Å². The lowest BCUT2D eigenvalue weighted by atomic mass is 10.2. The van der Waals surface area contributed by atoms with Gasteiger partial charge in [0.15, 0.2) is 5.16 Å². The Labute approximate surface area is 193 Å². The first-order chi connectivity index (χ1) is 15.6. The fourth-order valence-corrected chi connectivity index (χ4v) is 5.06. The number of anilines is 1. The Hall–Kier alpha value is -3.36. The number of nitrogens with one attached hydrogen (secondary N) is 1. The lowest BCUT2D eigenvalue weighted by Gasteiger charge is -2.11. The first kappa shape index (κ1) is 21.9. The summed E-state index contributed by atoms with van der Waals surface area (Å²) < 4.78 is 7.42. The van der Waals surface area contributed by atoms with Crippen molar-refractivity contribution in [3.05, 3.63) is 83.7 Å². The third kappa shape index (κ3) is 4.61. The predicted molar refractivity (Wildman–Crippen MR) is 132 cm³/mol. The number of thioether (sulfide) groups is 1. The molecule has 0 radical (unpaired) electrons. The molecule has 1 N–H and O–H groups in total. The van der Waals surface area contributed by atoms with E-state index in [1.54, 1.807) is 29.9 Å². The number of para-hydroxylation sites is 2. The molecule has 4 rings (SSSR count). The van der Waals surface area contributed by atoms with E-state index >= 15 is 0 Å². The number of hydrogen-bond acceptors (Lipinski definition) is 6. The quantitative estimate of drug-likeness (QED) is 0.225. The topological polar surface area (TPSA) is 73.2 Å². The number of rotatable bonds is 8. The number of allylic oxidation sites excluding steroid dienone is 1. The summed E-state index contributed by atoms with van der Waals surface area (Å²) >= 11 is 2.64. The van der Waals surface area contributed by atoms with Crippen molar-refractivity contribution in [1.82, 2.24) is 9.55 Å². The van der Waals surface area contributed by atoms with E-state index in [1.165, 1.54) is 23.1 Å². The Morgan fingerprint density at radius 1 is 1.22 bits per heavy atom. The van der Waals surface area contributed by atoms with Crippen LogP contribution in [-0.2, 0) is 11.3 Å². The molecule has 0 spiro atoms. The third-order valence-corrected chi connectivity index (χ3v) is 6.82. The van der Waals surface area contributed by atoms with Crippen molar-refractivity contribution in [3.8, 4) is 16.2 Å². The normalized spacial score (nSPS) is 10.8. The van der Waals surface area contributed by atoms with Crippen molar-refractivity contribution in [2.24, 2.45) is 0 Å². The fourth-order valence-electron chi connectivity index (χ4n) is 3.20. The summed E-state index contributed by atoms with van der Waals surface area (Å²) in [6, 6.07) is 19.0. The van der Waals surface area contributed by atoms with Crippen molar-refractivity contribution in [1.29, 1.82) is 0 Å². The minimum Gasteiger partial charge on any atom is -0.495 e. The molecule has 2 heterocycles. The van der Waals surface area contributed by atoms with Gasteiger partial charge in [0, 0.05) is 11.4 Å². The largest absolute Gasteiger partial charge is 0.495 e. The number of carbonyl (C=O) groups is 1. The van der Waals surface area contributed by atoms with E-state index in [1.807, 2.05) is 48.5 Å². The molecule has 2 aromatic carbocycles. The molecule has 0 fully saturated rings. The third-order valence-electron chi connectivity index (χ3n) is 4.68. The van der Waals surface area contributed by atoms with Crippen LogP contribution in [0.15, 0.2) is 83.3 Å². The molecule has 2 aromatic heterocycles. The maximum absolute atomic E-state index is 13.2. The number of hydrogen-bond donors (Lipinski definition) is 1. The summed E-state index contributed by atoms with van der Waals surface area (Å²) in [7, 11) is 1.55. The van der Waals surface area contributed by atoms with Gasteiger partial charge in [-0.15, -0.1) is 17.9 Å². The summed E-state index contributed by atoms with van der Waals surface area (Å²) in [6.45, 7) is 4.07. The number of thiophene rings is 1. The maximum atomic E-state index is 13.2. The van der Waals surface area contributed by atoms with Gasteiger partial charge in [-0.1, -0.05) is 60.3 Å². The number of fused-ring (bicyclic) bond motifs is 1. The van der Waals surface area contributed by atoms with Gasteiger partial charge >= 0.3 is 0 Å². The van der Waals surface area contributed by atoms with Crippen LogP contribution in [0.1, 0.15) is 0 Å². The number of ether oxygens (including phenoxy) is 1. The van der Waals surface area contributed by atoms with Crippen molar-refractivity contribution >= 4 is 44.9 Å². The highest BCUT2D eigenvalue weighted by molar-refractivity contribution is 7.99. The Morgan fingerprint density at radius 2 is 1.97 bits per heavy atom. The highest BCUT2D eigenvalue weighted by Gasteiger charge is 2.16. The standard InChI is InChI=1S/C24H21N3O3S2/c1-3-13-27-23(29)22-18(14-20(32-22)16-9-5-4-6-10-16)26-24(27)31-15-21(28)25-17-11-7-8-12-19(17)30-2/h3-12,14H,1,13,15H2,2H3,(H,25,28). The molecule has 162 valence electrons. The zero-order valence-corrected chi connectivity index (χ0v) is 19.0. The van der Waals surface area contributed by atoms with Crippen LogP contribution in [-0.4, -0.2) is 28.3 Å². The van der Waals surface area contributed by atoms with Crippen molar-refractivity contribution in [2.75, 3.05) is 18.2 Å². The van der Waals surface area contributed by atoms with Crippen LogP contribution >= 0.6 is 23.1 Å². The summed E-state index contributed by atoms with van der Waals surface area (Å²) in [5.41, 5.74) is 2.13. The molecule has 6 nitrogen and oxygen atoms in total. The van der Waals surface area contributed by atoms with E-state index in [0.29, 0.717) is 33.4 Å². The molecule has 0 aliphatic carbocycles. The van der Waals surface area contributed by atoms with E-state index in [-0.39, 0.29) is 17.2 Å². The molecule has 4 aromatic rings. The van der Waals surface area contributed by atoms with E-state index in [9.17, 15) is 9.59 Å². The molecule has 0 saturated carbocycles.